The Hall–Kier alpha value is -2.31. The normalized spacial score (nSPS) is 22.1. The van der Waals surface area contributed by atoms with Gasteiger partial charge in [0.25, 0.3) is 0 Å². The van der Waals surface area contributed by atoms with Crippen molar-refractivity contribution < 1.29 is 9.90 Å². The number of carbonyl (C=O) groups excluding carboxylic acids is 1. The van der Waals surface area contributed by atoms with Gasteiger partial charge in [0.15, 0.2) is 5.78 Å². The maximum Gasteiger partial charge on any atom is 0.179 e. The number of rotatable bonds is 6. The van der Waals surface area contributed by atoms with Crippen LogP contribution in [0, 0.1) is 25.2 Å². The second-order valence-corrected chi connectivity index (χ2v) is 10.8. The number of nitrogens with zero attached hydrogens (tertiary/aromatic N) is 4. The lowest BCUT2D eigenvalue weighted by molar-refractivity contribution is 0.0872. The Morgan fingerprint density at radius 3 is 2.64 bits per heavy atom. The molecule has 2 aliphatic rings. The summed E-state index contributed by atoms with van der Waals surface area (Å²) in [5, 5.41) is 22.5. The van der Waals surface area contributed by atoms with E-state index in [2.05, 4.69) is 41.8 Å². The van der Waals surface area contributed by atoms with Crippen LogP contribution in [0.5, 0.6) is 0 Å². The smallest absolute Gasteiger partial charge is 0.179 e. The summed E-state index contributed by atoms with van der Waals surface area (Å²) in [6, 6.07) is 9.98. The van der Waals surface area contributed by atoms with Crippen LogP contribution in [0.15, 0.2) is 34.1 Å². The van der Waals surface area contributed by atoms with Crippen molar-refractivity contribution in [3.63, 3.8) is 0 Å². The third kappa shape index (κ3) is 3.97. The summed E-state index contributed by atoms with van der Waals surface area (Å²) >= 11 is 5.38. The van der Waals surface area contributed by atoms with Crippen molar-refractivity contribution >= 4 is 33.0 Å². The Labute approximate surface area is 205 Å². The van der Waals surface area contributed by atoms with Gasteiger partial charge in [0.2, 0.25) is 0 Å². The minimum Gasteiger partial charge on any atom is -0.391 e. The van der Waals surface area contributed by atoms with Crippen LogP contribution in [-0.4, -0.2) is 50.1 Å². The van der Waals surface area contributed by atoms with E-state index in [9.17, 15) is 15.2 Å². The van der Waals surface area contributed by atoms with Crippen LogP contribution in [0.1, 0.15) is 57.3 Å². The van der Waals surface area contributed by atoms with Crippen LogP contribution < -0.4 is 0 Å². The molecule has 4 heterocycles. The third-order valence-electron chi connectivity index (χ3n) is 6.96. The van der Waals surface area contributed by atoms with Crippen LogP contribution in [0.4, 0.5) is 0 Å². The molecule has 2 aliphatic heterocycles. The zero-order valence-corrected chi connectivity index (χ0v) is 21.0. The highest BCUT2D eigenvalue weighted by Crippen LogP contribution is 2.39. The molecule has 2 unspecified atom stereocenters. The lowest BCUT2D eigenvalue weighted by Crippen LogP contribution is -2.36. The number of nitriles is 1. The fourth-order valence-corrected chi connectivity index (χ4v) is 6.89. The van der Waals surface area contributed by atoms with Crippen molar-refractivity contribution in [3.05, 3.63) is 67.3 Å². The number of aryl methyl sites for hydroxylation is 1. The SMILES string of the molecule is Cc1nc(Cc2c(Br)c(C(=O)CN3C4CCC3[C@H](O)C4)c(C)n2-c2ccc(C#N)cc2)cs1. The number of Topliss-reactive ketones (excluding diaryl/α,β-unsaturated/α-hetero) is 1. The van der Waals surface area contributed by atoms with E-state index in [4.69, 9.17) is 0 Å². The number of thiazole rings is 1. The van der Waals surface area contributed by atoms with E-state index in [0.29, 0.717) is 30.1 Å². The lowest BCUT2D eigenvalue weighted by atomic mass is 9.98. The summed E-state index contributed by atoms with van der Waals surface area (Å²) in [5.74, 6) is 0.0634. The zero-order chi connectivity index (χ0) is 23.3. The maximum atomic E-state index is 13.6. The van der Waals surface area contributed by atoms with Crippen molar-refractivity contribution in [3.8, 4) is 11.8 Å². The Morgan fingerprint density at radius 2 is 2.06 bits per heavy atom. The lowest BCUT2D eigenvalue weighted by Gasteiger charge is -2.21. The molecule has 33 heavy (non-hydrogen) atoms. The van der Waals surface area contributed by atoms with Crippen LogP contribution in [-0.2, 0) is 6.42 Å². The Bertz CT molecular complexity index is 1260. The molecule has 0 aliphatic carbocycles. The van der Waals surface area contributed by atoms with Gasteiger partial charge in [-0.05, 0) is 73.3 Å². The molecule has 0 amide bonds. The number of aliphatic hydroxyl groups excluding tert-OH is 1. The molecule has 5 rings (SSSR count). The fourth-order valence-electron chi connectivity index (χ4n) is 5.45. The number of hydrogen-bond donors (Lipinski definition) is 1. The fraction of sp³-hybridized carbons (Fsp3) is 0.400. The molecule has 3 aromatic rings. The highest BCUT2D eigenvalue weighted by atomic mass is 79.9. The molecule has 2 fully saturated rings. The first-order valence-corrected chi connectivity index (χ1v) is 12.8. The van der Waals surface area contributed by atoms with E-state index in [1.165, 1.54) is 0 Å². The molecule has 1 N–H and O–H groups in total. The van der Waals surface area contributed by atoms with Crippen LogP contribution in [0.2, 0.25) is 0 Å². The quantitative estimate of drug-likeness (QED) is 0.478. The predicted molar refractivity (Wildman–Crippen MR) is 131 cm³/mol. The number of aromatic nitrogens is 2. The first-order chi connectivity index (χ1) is 15.9. The van der Waals surface area contributed by atoms with Crippen molar-refractivity contribution in [2.24, 2.45) is 0 Å². The van der Waals surface area contributed by atoms with Gasteiger partial charge in [-0.3, -0.25) is 9.69 Å². The average molecular weight is 525 g/mol. The second kappa shape index (κ2) is 8.80. The van der Waals surface area contributed by atoms with Gasteiger partial charge in [-0.25, -0.2) is 4.98 Å². The Kier molecular flexibility index (Phi) is 6.00. The molecular weight excluding hydrogens is 500 g/mol. The number of hydrogen-bond acceptors (Lipinski definition) is 6. The average Bonchev–Trinajstić information content (AvgIpc) is 3.52. The van der Waals surface area contributed by atoms with Crippen molar-refractivity contribution in [1.82, 2.24) is 14.5 Å². The van der Waals surface area contributed by atoms with Gasteiger partial charge in [0, 0.05) is 41.0 Å². The number of fused-ring (bicyclic) bond motifs is 2. The van der Waals surface area contributed by atoms with E-state index in [1.807, 2.05) is 26.0 Å². The molecule has 2 saturated heterocycles. The van der Waals surface area contributed by atoms with Gasteiger partial charge in [0.05, 0.1) is 45.0 Å². The molecule has 1 aromatic carbocycles. The van der Waals surface area contributed by atoms with Gasteiger partial charge in [0.1, 0.15) is 0 Å². The number of ketones is 1. The zero-order valence-electron chi connectivity index (χ0n) is 18.6. The van der Waals surface area contributed by atoms with E-state index < -0.39 is 0 Å². The van der Waals surface area contributed by atoms with E-state index >= 15 is 0 Å². The number of benzene rings is 1. The molecule has 0 spiro atoms. The highest BCUT2D eigenvalue weighted by molar-refractivity contribution is 9.10. The minimum atomic E-state index is -0.326. The molecular formula is C25H25BrN4O2S. The molecule has 0 radical (unpaired) electrons. The first kappa shape index (κ1) is 22.5. The number of halogens is 1. The molecule has 2 bridgehead atoms. The van der Waals surface area contributed by atoms with E-state index in [-0.39, 0.29) is 17.9 Å². The number of carbonyl (C=O) groups is 1. The summed E-state index contributed by atoms with van der Waals surface area (Å²) in [6.45, 7) is 4.28. The van der Waals surface area contributed by atoms with Gasteiger partial charge in [-0.1, -0.05) is 0 Å². The molecule has 2 aromatic heterocycles. The summed E-state index contributed by atoms with van der Waals surface area (Å²) in [7, 11) is 0. The highest BCUT2D eigenvalue weighted by Gasteiger charge is 2.46. The minimum absolute atomic E-state index is 0.0634. The Balaban J connectivity index is 1.55. The summed E-state index contributed by atoms with van der Waals surface area (Å²) in [5.41, 5.74) is 4.98. The predicted octanol–water partition coefficient (Wildman–Crippen LogP) is 4.56. The summed E-state index contributed by atoms with van der Waals surface area (Å²) in [6.07, 6.45) is 3.04. The van der Waals surface area contributed by atoms with Gasteiger partial charge >= 0.3 is 0 Å². The molecule has 3 atom stereocenters. The first-order valence-electron chi connectivity index (χ1n) is 11.2. The van der Waals surface area contributed by atoms with Crippen molar-refractivity contribution in [1.29, 1.82) is 5.26 Å². The standard InChI is InChI=1S/C25H25BrN4O2S/c1-14-24(23(32)12-29-19-7-8-20(29)22(31)10-19)25(26)21(9-17-13-33-15(2)28-17)30(14)18-5-3-16(11-27)4-6-18/h3-6,13,19-20,22,31H,7-10,12H2,1-2H3/t19?,20?,22-/m1/s1. The van der Waals surface area contributed by atoms with Crippen molar-refractivity contribution in [2.45, 2.75) is 57.7 Å². The van der Waals surface area contributed by atoms with Crippen LogP contribution >= 0.6 is 27.3 Å². The molecule has 6 nitrogen and oxygen atoms in total. The van der Waals surface area contributed by atoms with E-state index in [1.54, 1.807) is 23.5 Å². The van der Waals surface area contributed by atoms with Crippen LogP contribution in [0.3, 0.4) is 0 Å². The van der Waals surface area contributed by atoms with Gasteiger partial charge in [-0.15, -0.1) is 11.3 Å². The molecule has 8 heteroatoms. The second-order valence-electron chi connectivity index (χ2n) is 8.95. The third-order valence-corrected chi connectivity index (χ3v) is 8.64. The maximum absolute atomic E-state index is 13.6. The monoisotopic (exact) mass is 524 g/mol. The number of aliphatic hydroxyl groups is 1. The van der Waals surface area contributed by atoms with Crippen LogP contribution in [0.25, 0.3) is 5.69 Å². The largest absolute Gasteiger partial charge is 0.391 e. The summed E-state index contributed by atoms with van der Waals surface area (Å²) in [4.78, 5) is 20.4. The molecule has 170 valence electrons. The summed E-state index contributed by atoms with van der Waals surface area (Å²) < 4.78 is 2.90. The molecule has 0 saturated carbocycles. The van der Waals surface area contributed by atoms with E-state index in [0.717, 1.165) is 51.5 Å². The Morgan fingerprint density at radius 1 is 1.30 bits per heavy atom. The van der Waals surface area contributed by atoms with Crippen molar-refractivity contribution in [2.75, 3.05) is 6.54 Å². The van der Waals surface area contributed by atoms with Gasteiger partial charge in [-0.2, -0.15) is 5.26 Å². The van der Waals surface area contributed by atoms with Gasteiger partial charge < -0.3 is 9.67 Å². The topological polar surface area (TPSA) is 82.2 Å².